The first-order chi connectivity index (χ1) is 5.63. The third kappa shape index (κ3) is 3.56. The molecule has 0 spiro atoms. The number of nitrogens with zero attached hydrogens (tertiary/aromatic N) is 1. The van der Waals surface area contributed by atoms with Crippen LogP contribution in [0, 0.1) is 0 Å². The molecule has 0 atom stereocenters. The molecule has 0 rings (SSSR count). The molecule has 0 saturated heterocycles. The highest BCUT2D eigenvalue weighted by Gasteiger charge is 2.10. The van der Waals surface area contributed by atoms with Gasteiger partial charge in [0.05, 0.1) is 0 Å². The van der Waals surface area contributed by atoms with E-state index in [0.29, 0.717) is 5.57 Å². The van der Waals surface area contributed by atoms with E-state index < -0.39 is 0 Å². The number of hydrogen-bond donors (Lipinski definition) is 0. The van der Waals surface area contributed by atoms with Gasteiger partial charge in [-0.1, -0.05) is 19.9 Å². The summed E-state index contributed by atoms with van der Waals surface area (Å²) in [5, 5.41) is 0. The first kappa shape index (κ1) is 11.2. The highest BCUT2D eigenvalue weighted by Crippen LogP contribution is 2.00. The highest BCUT2D eigenvalue weighted by atomic mass is 16.2. The summed E-state index contributed by atoms with van der Waals surface area (Å²) in [7, 11) is 0. The Morgan fingerprint density at radius 3 is 2.33 bits per heavy atom. The molecular formula is C10H19NO. The van der Waals surface area contributed by atoms with Gasteiger partial charge in [-0.2, -0.15) is 0 Å². The van der Waals surface area contributed by atoms with Gasteiger partial charge in [-0.15, -0.1) is 0 Å². The number of carbonyl (C=O) groups is 1. The normalized spacial score (nSPS) is 9.58. The fourth-order valence-electron chi connectivity index (χ4n) is 1.02. The summed E-state index contributed by atoms with van der Waals surface area (Å²) in [4.78, 5) is 13.2. The zero-order valence-corrected chi connectivity index (χ0v) is 8.39. The molecule has 0 fully saturated rings. The van der Waals surface area contributed by atoms with Gasteiger partial charge in [0.1, 0.15) is 0 Å². The molecule has 0 aromatic rings. The highest BCUT2D eigenvalue weighted by molar-refractivity contribution is 5.92. The molecule has 1 amide bonds. The largest absolute Gasteiger partial charge is 0.339 e. The van der Waals surface area contributed by atoms with Crippen molar-refractivity contribution < 1.29 is 4.79 Å². The maximum atomic E-state index is 11.4. The van der Waals surface area contributed by atoms with E-state index in [4.69, 9.17) is 0 Å². The quantitative estimate of drug-likeness (QED) is 0.578. The zero-order valence-electron chi connectivity index (χ0n) is 8.39. The van der Waals surface area contributed by atoms with Crippen molar-refractivity contribution in [1.29, 1.82) is 0 Å². The Kier molecular flexibility index (Phi) is 5.43. The second-order valence-electron chi connectivity index (χ2n) is 3.02. The van der Waals surface area contributed by atoms with Gasteiger partial charge >= 0.3 is 0 Å². The lowest BCUT2D eigenvalue weighted by molar-refractivity contribution is -0.126. The molecule has 0 aliphatic carbocycles. The van der Waals surface area contributed by atoms with E-state index in [1.54, 1.807) is 6.92 Å². The van der Waals surface area contributed by atoms with Crippen molar-refractivity contribution in [1.82, 2.24) is 4.90 Å². The standard InChI is InChI=1S/C10H19NO/c1-5-7-8-11(6-2)10(12)9(3)4/h3,5-8H2,1-2,4H3. The minimum atomic E-state index is 0.0888. The van der Waals surface area contributed by atoms with Crippen LogP contribution >= 0.6 is 0 Å². The molecule has 0 unspecified atom stereocenters. The Bertz CT molecular complexity index is 163. The van der Waals surface area contributed by atoms with Crippen LogP contribution in [0.15, 0.2) is 12.2 Å². The summed E-state index contributed by atoms with van der Waals surface area (Å²) in [6, 6.07) is 0. The number of hydrogen-bond acceptors (Lipinski definition) is 1. The Morgan fingerprint density at radius 2 is 2.00 bits per heavy atom. The minimum absolute atomic E-state index is 0.0888. The van der Waals surface area contributed by atoms with Crippen molar-refractivity contribution in [3.05, 3.63) is 12.2 Å². The van der Waals surface area contributed by atoms with Gasteiger partial charge < -0.3 is 4.90 Å². The molecule has 0 saturated carbocycles. The van der Waals surface area contributed by atoms with Crippen LogP contribution in [-0.4, -0.2) is 23.9 Å². The van der Waals surface area contributed by atoms with Crippen molar-refractivity contribution in [2.24, 2.45) is 0 Å². The van der Waals surface area contributed by atoms with Crippen LogP contribution < -0.4 is 0 Å². The van der Waals surface area contributed by atoms with Crippen LogP contribution in [-0.2, 0) is 4.79 Å². The predicted octanol–water partition coefficient (Wildman–Crippen LogP) is 2.21. The van der Waals surface area contributed by atoms with Crippen LogP contribution in [0.5, 0.6) is 0 Å². The molecule has 0 aliphatic rings. The lowest BCUT2D eigenvalue weighted by Crippen LogP contribution is -2.31. The monoisotopic (exact) mass is 169 g/mol. The second-order valence-corrected chi connectivity index (χ2v) is 3.02. The van der Waals surface area contributed by atoms with Gasteiger partial charge in [0.15, 0.2) is 0 Å². The molecule has 70 valence electrons. The molecule has 0 N–H and O–H groups in total. The summed E-state index contributed by atoms with van der Waals surface area (Å²) < 4.78 is 0. The van der Waals surface area contributed by atoms with E-state index in [0.717, 1.165) is 25.9 Å². The van der Waals surface area contributed by atoms with Crippen molar-refractivity contribution in [3.63, 3.8) is 0 Å². The Hall–Kier alpha value is -0.790. The first-order valence-corrected chi connectivity index (χ1v) is 4.58. The molecular weight excluding hydrogens is 150 g/mol. The number of amides is 1. The lowest BCUT2D eigenvalue weighted by atomic mass is 10.2. The first-order valence-electron chi connectivity index (χ1n) is 4.58. The van der Waals surface area contributed by atoms with Crippen LogP contribution in [0.4, 0.5) is 0 Å². The van der Waals surface area contributed by atoms with Crippen molar-refractivity contribution in [3.8, 4) is 0 Å². The van der Waals surface area contributed by atoms with E-state index in [9.17, 15) is 4.79 Å². The third-order valence-corrected chi connectivity index (χ3v) is 1.82. The molecule has 2 heteroatoms. The molecule has 2 nitrogen and oxygen atoms in total. The summed E-state index contributed by atoms with van der Waals surface area (Å²) >= 11 is 0. The van der Waals surface area contributed by atoms with Crippen LogP contribution in [0.25, 0.3) is 0 Å². The van der Waals surface area contributed by atoms with Crippen molar-refractivity contribution in [2.45, 2.75) is 33.6 Å². The molecule has 12 heavy (non-hydrogen) atoms. The van der Waals surface area contributed by atoms with Gasteiger partial charge in [0.25, 0.3) is 0 Å². The summed E-state index contributed by atoms with van der Waals surface area (Å²) in [6.07, 6.45) is 2.20. The van der Waals surface area contributed by atoms with Crippen molar-refractivity contribution >= 4 is 5.91 Å². The van der Waals surface area contributed by atoms with Crippen molar-refractivity contribution in [2.75, 3.05) is 13.1 Å². The maximum absolute atomic E-state index is 11.4. The Labute approximate surface area is 75.3 Å². The number of likely N-dealkylation sites (N-methyl/N-ethyl adjacent to an activating group) is 1. The molecule has 0 aromatic heterocycles. The van der Waals surface area contributed by atoms with E-state index in [-0.39, 0.29) is 5.91 Å². The van der Waals surface area contributed by atoms with E-state index >= 15 is 0 Å². The lowest BCUT2D eigenvalue weighted by Gasteiger charge is -2.20. The van der Waals surface area contributed by atoms with Gasteiger partial charge in [-0.3, -0.25) is 4.79 Å². The minimum Gasteiger partial charge on any atom is -0.339 e. The van der Waals surface area contributed by atoms with E-state index in [2.05, 4.69) is 13.5 Å². The summed E-state index contributed by atoms with van der Waals surface area (Å²) in [5.74, 6) is 0.0888. The predicted molar refractivity (Wildman–Crippen MR) is 52.0 cm³/mol. The Morgan fingerprint density at radius 1 is 1.42 bits per heavy atom. The molecule has 0 bridgehead atoms. The topological polar surface area (TPSA) is 20.3 Å². The van der Waals surface area contributed by atoms with Gasteiger partial charge in [-0.25, -0.2) is 0 Å². The number of unbranched alkanes of at least 4 members (excludes halogenated alkanes) is 1. The molecule has 0 aromatic carbocycles. The average molecular weight is 169 g/mol. The van der Waals surface area contributed by atoms with Crippen LogP contribution in [0.2, 0.25) is 0 Å². The van der Waals surface area contributed by atoms with E-state index in [1.807, 2.05) is 11.8 Å². The maximum Gasteiger partial charge on any atom is 0.248 e. The SMILES string of the molecule is C=C(C)C(=O)N(CC)CCCC. The molecule has 0 aliphatic heterocycles. The second kappa shape index (κ2) is 5.81. The third-order valence-electron chi connectivity index (χ3n) is 1.82. The van der Waals surface area contributed by atoms with Crippen LogP contribution in [0.3, 0.4) is 0 Å². The molecule has 0 radical (unpaired) electrons. The fraction of sp³-hybridized carbons (Fsp3) is 0.700. The Balaban J connectivity index is 3.96. The smallest absolute Gasteiger partial charge is 0.248 e. The van der Waals surface area contributed by atoms with E-state index in [1.165, 1.54) is 0 Å². The van der Waals surface area contributed by atoms with Gasteiger partial charge in [0, 0.05) is 18.7 Å². The summed E-state index contributed by atoms with van der Waals surface area (Å²) in [6.45, 7) is 11.2. The van der Waals surface area contributed by atoms with Gasteiger partial charge in [-0.05, 0) is 20.3 Å². The fourth-order valence-corrected chi connectivity index (χ4v) is 1.02. The number of carbonyl (C=O) groups excluding carboxylic acids is 1. The summed E-state index contributed by atoms with van der Waals surface area (Å²) in [5.41, 5.74) is 0.632. The molecule has 0 heterocycles. The van der Waals surface area contributed by atoms with Crippen LogP contribution in [0.1, 0.15) is 33.6 Å². The zero-order chi connectivity index (χ0) is 9.56. The number of rotatable bonds is 5. The average Bonchev–Trinajstić information content (AvgIpc) is 2.05. The van der Waals surface area contributed by atoms with Gasteiger partial charge in [0.2, 0.25) is 5.91 Å².